The molecule has 0 N–H and O–H groups in total. The molecule has 22 heavy (non-hydrogen) atoms. The van der Waals surface area contributed by atoms with E-state index in [4.69, 9.17) is 4.74 Å². The Morgan fingerprint density at radius 2 is 1.73 bits per heavy atom. The summed E-state index contributed by atoms with van der Waals surface area (Å²) < 4.78 is 7.19. The van der Waals surface area contributed by atoms with Crippen LogP contribution in [0, 0.1) is 0 Å². The molecule has 0 spiro atoms. The fourth-order valence-electron chi connectivity index (χ4n) is 2.91. The van der Waals surface area contributed by atoms with E-state index >= 15 is 0 Å². The largest absolute Gasteiger partial charge is 0.461 e. The van der Waals surface area contributed by atoms with Gasteiger partial charge in [-0.05, 0) is 24.1 Å². The Balaban J connectivity index is 2.17. The fourth-order valence-corrected chi connectivity index (χ4v) is 2.91. The Hall–Kier alpha value is -2.55. The van der Waals surface area contributed by atoms with E-state index in [1.54, 1.807) is 0 Å². The summed E-state index contributed by atoms with van der Waals surface area (Å²) in [5.74, 6) is -0.257. The highest BCUT2D eigenvalue weighted by atomic mass is 16.5. The first-order valence-corrected chi connectivity index (χ1v) is 7.49. The van der Waals surface area contributed by atoms with Gasteiger partial charge in [-0.15, -0.1) is 0 Å². The fraction of sp³-hybridized carbons (Fsp3) is 0.211. The van der Waals surface area contributed by atoms with Crippen molar-refractivity contribution in [2.24, 2.45) is 7.05 Å². The smallest absolute Gasteiger partial charge is 0.355 e. The maximum Gasteiger partial charge on any atom is 0.355 e. The van der Waals surface area contributed by atoms with Crippen LogP contribution in [0.1, 0.15) is 28.5 Å². The number of esters is 1. The highest BCUT2D eigenvalue weighted by molar-refractivity contribution is 5.99. The second-order valence-corrected chi connectivity index (χ2v) is 5.29. The van der Waals surface area contributed by atoms with Gasteiger partial charge < -0.3 is 9.30 Å². The molecular weight excluding hydrogens is 274 g/mol. The van der Waals surface area contributed by atoms with E-state index in [9.17, 15) is 4.79 Å². The summed E-state index contributed by atoms with van der Waals surface area (Å²) in [6.45, 7) is 2.21. The number of rotatable bonds is 4. The molecule has 0 atom stereocenters. The molecule has 2 aromatic carbocycles. The van der Waals surface area contributed by atoms with E-state index in [0.29, 0.717) is 12.3 Å². The molecule has 0 aliphatic carbocycles. The molecule has 3 nitrogen and oxygen atoms in total. The SMILES string of the molecule is CCOC(=O)c1c(Cc2ccccc2)c2ccccc2n1C. The second-order valence-electron chi connectivity index (χ2n) is 5.29. The lowest BCUT2D eigenvalue weighted by Crippen LogP contribution is -2.12. The number of benzene rings is 2. The van der Waals surface area contributed by atoms with Crippen molar-refractivity contribution in [3.05, 3.63) is 71.4 Å². The molecule has 0 aliphatic heterocycles. The minimum atomic E-state index is -0.257. The third-order valence-electron chi connectivity index (χ3n) is 3.90. The number of para-hydroxylation sites is 1. The zero-order chi connectivity index (χ0) is 15.5. The first kappa shape index (κ1) is 14.4. The van der Waals surface area contributed by atoms with Crippen LogP contribution in [0.25, 0.3) is 10.9 Å². The van der Waals surface area contributed by atoms with Crippen molar-refractivity contribution in [1.82, 2.24) is 4.57 Å². The van der Waals surface area contributed by atoms with E-state index in [0.717, 1.165) is 22.9 Å². The van der Waals surface area contributed by atoms with Crippen molar-refractivity contribution in [3.8, 4) is 0 Å². The number of fused-ring (bicyclic) bond motifs is 1. The van der Waals surface area contributed by atoms with Crippen molar-refractivity contribution < 1.29 is 9.53 Å². The van der Waals surface area contributed by atoms with Crippen molar-refractivity contribution >= 4 is 16.9 Å². The monoisotopic (exact) mass is 293 g/mol. The molecule has 1 aromatic heterocycles. The van der Waals surface area contributed by atoms with Crippen LogP contribution in [-0.2, 0) is 18.2 Å². The maximum absolute atomic E-state index is 12.4. The average Bonchev–Trinajstić information content (AvgIpc) is 2.82. The van der Waals surface area contributed by atoms with Crippen LogP contribution in [0.15, 0.2) is 54.6 Å². The number of aryl methyl sites for hydroxylation is 1. The molecular formula is C19H19NO2. The van der Waals surface area contributed by atoms with Crippen LogP contribution in [0.3, 0.4) is 0 Å². The molecule has 0 aliphatic rings. The predicted octanol–water partition coefficient (Wildman–Crippen LogP) is 3.95. The van der Waals surface area contributed by atoms with Gasteiger partial charge in [0.25, 0.3) is 0 Å². The molecule has 0 saturated carbocycles. The van der Waals surface area contributed by atoms with Crippen molar-refractivity contribution in [1.29, 1.82) is 0 Å². The molecule has 0 fully saturated rings. The molecule has 3 rings (SSSR count). The van der Waals surface area contributed by atoms with Gasteiger partial charge in [0, 0.05) is 24.4 Å². The molecule has 112 valence electrons. The summed E-state index contributed by atoms with van der Waals surface area (Å²) >= 11 is 0. The van der Waals surface area contributed by atoms with Crippen LogP contribution >= 0.6 is 0 Å². The zero-order valence-corrected chi connectivity index (χ0v) is 12.9. The summed E-state index contributed by atoms with van der Waals surface area (Å²) in [6.07, 6.45) is 0.719. The van der Waals surface area contributed by atoms with Crippen LogP contribution in [0.4, 0.5) is 0 Å². The second kappa shape index (κ2) is 6.06. The van der Waals surface area contributed by atoms with E-state index < -0.39 is 0 Å². The highest BCUT2D eigenvalue weighted by Gasteiger charge is 2.21. The quantitative estimate of drug-likeness (QED) is 0.682. The van der Waals surface area contributed by atoms with E-state index in [-0.39, 0.29) is 5.97 Å². The molecule has 3 aromatic rings. The van der Waals surface area contributed by atoms with Gasteiger partial charge in [-0.25, -0.2) is 4.79 Å². The number of hydrogen-bond donors (Lipinski definition) is 0. The molecule has 0 amide bonds. The van der Waals surface area contributed by atoms with Crippen molar-refractivity contribution in [2.45, 2.75) is 13.3 Å². The molecule has 0 saturated heterocycles. The summed E-state index contributed by atoms with van der Waals surface area (Å²) in [4.78, 5) is 12.4. The van der Waals surface area contributed by atoms with Gasteiger partial charge in [-0.3, -0.25) is 0 Å². The Kier molecular flexibility index (Phi) is 3.96. The highest BCUT2D eigenvalue weighted by Crippen LogP contribution is 2.28. The summed E-state index contributed by atoms with van der Waals surface area (Å²) in [5, 5.41) is 1.11. The minimum absolute atomic E-state index is 0.257. The van der Waals surface area contributed by atoms with Crippen LogP contribution in [-0.4, -0.2) is 17.1 Å². The molecule has 0 bridgehead atoms. The number of carbonyl (C=O) groups is 1. The third kappa shape index (κ3) is 2.50. The number of carbonyl (C=O) groups excluding carboxylic acids is 1. The number of ether oxygens (including phenoxy) is 1. The summed E-state index contributed by atoms with van der Waals surface area (Å²) in [6, 6.07) is 18.3. The van der Waals surface area contributed by atoms with Gasteiger partial charge in [0.05, 0.1) is 6.61 Å². The molecule has 0 unspecified atom stereocenters. The van der Waals surface area contributed by atoms with Gasteiger partial charge >= 0.3 is 5.97 Å². The lowest BCUT2D eigenvalue weighted by atomic mass is 10.0. The van der Waals surface area contributed by atoms with Gasteiger partial charge in [0.1, 0.15) is 5.69 Å². The van der Waals surface area contributed by atoms with E-state index in [1.165, 1.54) is 5.56 Å². The van der Waals surface area contributed by atoms with Crippen LogP contribution in [0.5, 0.6) is 0 Å². The van der Waals surface area contributed by atoms with Gasteiger partial charge in [0.2, 0.25) is 0 Å². The number of hydrogen-bond acceptors (Lipinski definition) is 2. The van der Waals surface area contributed by atoms with Crippen molar-refractivity contribution in [2.75, 3.05) is 6.61 Å². The Labute approximate surface area is 130 Å². The molecule has 0 radical (unpaired) electrons. The number of nitrogens with zero attached hydrogens (tertiary/aromatic N) is 1. The van der Waals surface area contributed by atoms with E-state index in [1.807, 2.05) is 54.9 Å². The van der Waals surface area contributed by atoms with Gasteiger partial charge in [-0.2, -0.15) is 0 Å². The molecule has 1 heterocycles. The maximum atomic E-state index is 12.4. The summed E-state index contributed by atoms with van der Waals surface area (Å²) in [7, 11) is 1.92. The average molecular weight is 293 g/mol. The first-order valence-electron chi connectivity index (χ1n) is 7.49. The lowest BCUT2D eigenvalue weighted by molar-refractivity contribution is 0.0514. The molecule has 3 heteroatoms. The van der Waals surface area contributed by atoms with Gasteiger partial charge in [-0.1, -0.05) is 48.5 Å². The van der Waals surface area contributed by atoms with Crippen LogP contribution < -0.4 is 0 Å². The van der Waals surface area contributed by atoms with E-state index in [2.05, 4.69) is 18.2 Å². The van der Waals surface area contributed by atoms with Gasteiger partial charge in [0.15, 0.2) is 0 Å². The Morgan fingerprint density at radius 1 is 1.05 bits per heavy atom. The lowest BCUT2D eigenvalue weighted by Gasteiger charge is -2.07. The topological polar surface area (TPSA) is 31.2 Å². The Bertz CT molecular complexity index is 803. The number of aromatic nitrogens is 1. The third-order valence-corrected chi connectivity index (χ3v) is 3.90. The Morgan fingerprint density at radius 3 is 2.45 bits per heavy atom. The van der Waals surface area contributed by atoms with Crippen molar-refractivity contribution in [3.63, 3.8) is 0 Å². The summed E-state index contributed by atoms with van der Waals surface area (Å²) in [5.41, 5.74) is 3.91. The zero-order valence-electron chi connectivity index (χ0n) is 12.9. The predicted molar refractivity (Wildman–Crippen MR) is 88.1 cm³/mol. The van der Waals surface area contributed by atoms with Crippen LogP contribution in [0.2, 0.25) is 0 Å². The minimum Gasteiger partial charge on any atom is -0.461 e. The standard InChI is InChI=1S/C19H19NO2/c1-3-22-19(21)18-16(13-14-9-5-4-6-10-14)15-11-7-8-12-17(15)20(18)2/h4-12H,3,13H2,1-2H3. The normalized spacial score (nSPS) is 10.8. The first-order chi connectivity index (χ1) is 10.7.